The molecule has 0 aliphatic carbocycles. The Bertz CT molecular complexity index is 498. The van der Waals surface area contributed by atoms with Crippen molar-refractivity contribution < 1.29 is 4.79 Å². The molecule has 2 aliphatic rings. The van der Waals surface area contributed by atoms with Crippen molar-refractivity contribution in [1.29, 1.82) is 0 Å². The third-order valence-corrected chi connectivity index (χ3v) is 4.42. The van der Waals surface area contributed by atoms with Crippen molar-refractivity contribution in [2.75, 3.05) is 44.2 Å². The van der Waals surface area contributed by atoms with E-state index in [2.05, 4.69) is 20.2 Å². The number of carbonyl (C=O) groups is 1. The lowest BCUT2D eigenvalue weighted by Crippen LogP contribution is -2.50. The molecule has 0 bridgehead atoms. The number of nitrogens with zero attached hydrogens (tertiary/aromatic N) is 4. The maximum Gasteiger partial charge on any atom is 0.225 e. The summed E-state index contributed by atoms with van der Waals surface area (Å²) in [4.78, 5) is 24.8. The third kappa shape index (κ3) is 3.44. The zero-order valence-electron chi connectivity index (χ0n) is 12.0. The minimum absolute atomic E-state index is 0.150. The first-order chi connectivity index (χ1) is 10.2. The summed E-state index contributed by atoms with van der Waals surface area (Å²) < 4.78 is 0. The molecule has 0 saturated carbocycles. The van der Waals surface area contributed by atoms with Crippen LogP contribution in [0.5, 0.6) is 0 Å². The molecule has 2 fully saturated rings. The Labute approximate surface area is 129 Å². The van der Waals surface area contributed by atoms with Crippen LogP contribution in [-0.4, -0.2) is 60.0 Å². The van der Waals surface area contributed by atoms with Crippen molar-refractivity contribution in [2.24, 2.45) is 5.92 Å². The Morgan fingerprint density at radius 3 is 2.57 bits per heavy atom. The number of carbonyl (C=O) groups excluding carboxylic acids is 1. The summed E-state index contributed by atoms with van der Waals surface area (Å²) in [6, 6.07) is 1.78. The zero-order valence-corrected chi connectivity index (χ0v) is 12.7. The van der Waals surface area contributed by atoms with Gasteiger partial charge in [-0.3, -0.25) is 4.79 Å². The van der Waals surface area contributed by atoms with Gasteiger partial charge >= 0.3 is 0 Å². The molecular weight excluding hydrogens is 290 g/mol. The van der Waals surface area contributed by atoms with Crippen LogP contribution in [0.1, 0.15) is 12.8 Å². The van der Waals surface area contributed by atoms with Gasteiger partial charge in [-0.15, -0.1) is 0 Å². The minimum atomic E-state index is 0.150. The molecule has 1 N–H and O–H groups in total. The van der Waals surface area contributed by atoms with E-state index in [9.17, 15) is 4.79 Å². The number of hydrogen-bond donors (Lipinski definition) is 1. The van der Waals surface area contributed by atoms with Crippen LogP contribution < -0.4 is 10.2 Å². The van der Waals surface area contributed by atoms with Crippen LogP contribution >= 0.6 is 11.6 Å². The van der Waals surface area contributed by atoms with Crippen molar-refractivity contribution in [2.45, 2.75) is 12.8 Å². The van der Waals surface area contributed by atoms with Crippen LogP contribution in [0.3, 0.4) is 0 Å². The lowest BCUT2D eigenvalue weighted by atomic mass is 9.95. The van der Waals surface area contributed by atoms with Gasteiger partial charge in [-0.25, -0.2) is 9.97 Å². The van der Waals surface area contributed by atoms with E-state index in [4.69, 9.17) is 11.6 Å². The molecule has 0 atom stereocenters. The van der Waals surface area contributed by atoms with E-state index in [0.29, 0.717) is 11.1 Å². The first-order valence-electron chi connectivity index (χ1n) is 7.46. The van der Waals surface area contributed by atoms with Gasteiger partial charge < -0.3 is 15.1 Å². The van der Waals surface area contributed by atoms with Crippen LogP contribution in [0.25, 0.3) is 0 Å². The van der Waals surface area contributed by atoms with Gasteiger partial charge in [0.15, 0.2) is 0 Å². The molecule has 3 heterocycles. The Morgan fingerprint density at radius 2 is 1.90 bits per heavy atom. The standard InChI is InChI=1S/C14H20ClN5O/c15-12-9-13(18-10-17-12)19-5-1-11(2-6-19)14(21)20-7-3-16-4-8-20/h9-11,16H,1-8H2. The molecule has 2 aliphatic heterocycles. The SMILES string of the molecule is O=C(C1CCN(c2cc(Cl)ncn2)CC1)N1CCNCC1. The molecule has 0 aromatic carbocycles. The number of anilines is 1. The van der Waals surface area contributed by atoms with Crippen LogP contribution in [0.15, 0.2) is 12.4 Å². The second-order valence-electron chi connectivity index (χ2n) is 5.54. The number of hydrogen-bond acceptors (Lipinski definition) is 5. The van der Waals surface area contributed by atoms with Gasteiger partial charge in [0.2, 0.25) is 5.91 Å². The number of halogens is 1. The fourth-order valence-electron chi connectivity index (χ4n) is 3.00. The highest BCUT2D eigenvalue weighted by Crippen LogP contribution is 2.24. The normalized spacial score (nSPS) is 20.6. The average Bonchev–Trinajstić information content (AvgIpc) is 2.55. The van der Waals surface area contributed by atoms with Gasteiger partial charge in [0, 0.05) is 51.3 Å². The molecule has 0 radical (unpaired) electrons. The number of aromatic nitrogens is 2. The van der Waals surface area contributed by atoms with E-state index in [1.807, 2.05) is 4.90 Å². The monoisotopic (exact) mass is 309 g/mol. The topological polar surface area (TPSA) is 61.4 Å². The second-order valence-corrected chi connectivity index (χ2v) is 5.92. The molecule has 114 valence electrons. The van der Waals surface area contributed by atoms with E-state index in [1.165, 1.54) is 6.33 Å². The summed E-state index contributed by atoms with van der Waals surface area (Å²) in [5.74, 6) is 1.32. The smallest absolute Gasteiger partial charge is 0.225 e. The number of rotatable bonds is 2. The molecule has 1 aromatic heterocycles. The molecule has 7 heteroatoms. The van der Waals surface area contributed by atoms with E-state index in [0.717, 1.165) is 57.9 Å². The zero-order chi connectivity index (χ0) is 14.7. The predicted octanol–water partition coefficient (Wildman–Crippen LogP) is 0.778. The fourth-order valence-corrected chi connectivity index (χ4v) is 3.14. The largest absolute Gasteiger partial charge is 0.356 e. The predicted molar refractivity (Wildman–Crippen MR) is 81.4 cm³/mol. The van der Waals surface area contributed by atoms with Gasteiger partial charge in [0.05, 0.1) is 0 Å². The maximum atomic E-state index is 12.5. The summed E-state index contributed by atoms with van der Waals surface area (Å²) in [5.41, 5.74) is 0. The van der Waals surface area contributed by atoms with Crippen molar-refractivity contribution in [1.82, 2.24) is 20.2 Å². The molecule has 1 aromatic rings. The summed E-state index contributed by atoms with van der Waals surface area (Å²) in [6.07, 6.45) is 3.24. The Hall–Kier alpha value is -1.40. The first kappa shape index (κ1) is 14.5. The summed E-state index contributed by atoms with van der Waals surface area (Å²) >= 11 is 5.90. The third-order valence-electron chi connectivity index (χ3n) is 4.22. The first-order valence-corrected chi connectivity index (χ1v) is 7.84. The molecule has 0 unspecified atom stereocenters. The molecule has 21 heavy (non-hydrogen) atoms. The summed E-state index contributed by atoms with van der Waals surface area (Å²) in [6.45, 7) is 5.17. The number of amides is 1. The molecule has 3 rings (SSSR count). The number of nitrogens with one attached hydrogen (secondary N) is 1. The summed E-state index contributed by atoms with van der Waals surface area (Å²) in [5, 5.41) is 3.73. The summed E-state index contributed by atoms with van der Waals surface area (Å²) in [7, 11) is 0. The van der Waals surface area contributed by atoms with Gasteiger partial charge in [0.25, 0.3) is 0 Å². The Kier molecular flexibility index (Phi) is 4.55. The van der Waals surface area contributed by atoms with E-state index in [-0.39, 0.29) is 5.92 Å². The molecule has 6 nitrogen and oxygen atoms in total. The Balaban J connectivity index is 1.56. The quantitative estimate of drug-likeness (QED) is 0.818. The van der Waals surface area contributed by atoms with E-state index < -0.39 is 0 Å². The van der Waals surface area contributed by atoms with Crippen molar-refractivity contribution in [3.05, 3.63) is 17.5 Å². The van der Waals surface area contributed by atoms with Crippen molar-refractivity contribution >= 4 is 23.3 Å². The van der Waals surface area contributed by atoms with Gasteiger partial charge in [-0.05, 0) is 12.8 Å². The van der Waals surface area contributed by atoms with Gasteiger partial charge in [0.1, 0.15) is 17.3 Å². The highest BCUT2D eigenvalue weighted by molar-refractivity contribution is 6.29. The van der Waals surface area contributed by atoms with E-state index >= 15 is 0 Å². The van der Waals surface area contributed by atoms with Gasteiger partial charge in [-0.2, -0.15) is 0 Å². The number of piperazine rings is 1. The van der Waals surface area contributed by atoms with Crippen molar-refractivity contribution in [3.63, 3.8) is 0 Å². The second kappa shape index (κ2) is 6.58. The molecule has 2 saturated heterocycles. The highest BCUT2D eigenvalue weighted by Gasteiger charge is 2.29. The maximum absolute atomic E-state index is 12.5. The lowest BCUT2D eigenvalue weighted by Gasteiger charge is -2.36. The van der Waals surface area contributed by atoms with Crippen LogP contribution in [0.4, 0.5) is 5.82 Å². The van der Waals surface area contributed by atoms with Crippen molar-refractivity contribution in [3.8, 4) is 0 Å². The highest BCUT2D eigenvalue weighted by atomic mass is 35.5. The van der Waals surface area contributed by atoms with Gasteiger partial charge in [-0.1, -0.05) is 11.6 Å². The Morgan fingerprint density at radius 1 is 1.19 bits per heavy atom. The van der Waals surface area contributed by atoms with E-state index in [1.54, 1.807) is 6.07 Å². The van der Waals surface area contributed by atoms with Crippen LogP contribution in [-0.2, 0) is 4.79 Å². The molecular formula is C14H20ClN5O. The van der Waals surface area contributed by atoms with Crippen LogP contribution in [0.2, 0.25) is 5.15 Å². The fraction of sp³-hybridized carbons (Fsp3) is 0.643. The molecule has 0 spiro atoms. The average molecular weight is 310 g/mol. The minimum Gasteiger partial charge on any atom is -0.356 e. The molecule has 1 amide bonds. The number of piperidine rings is 1. The lowest BCUT2D eigenvalue weighted by molar-refractivity contribution is -0.136. The van der Waals surface area contributed by atoms with Crippen LogP contribution in [0, 0.1) is 5.92 Å².